The average molecular weight is 282 g/mol. The quantitative estimate of drug-likeness (QED) is 0.933. The van der Waals surface area contributed by atoms with Crippen molar-refractivity contribution in [3.05, 3.63) is 65.7 Å². The van der Waals surface area contributed by atoms with E-state index in [1.54, 1.807) is 7.11 Å². The lowest BCUT2D eigenvalue weighted by atomic mass is 10.0. The smallest absolute Gasteiger partial charge is 0.0713 e. The molecule has 0 spiro atoms. The maximum absolute atomic E-state index is 5.23. The van der Waals surface area contributed by atoms with Crippen LogP contribution in [0.5, 0.6) is 0 Å². The second-order valence-corrected chi connectivity index (χ2v) is 5.47. The highest BCUT2D eigenvalue weighted by molar-refractivity contribution is 5.49. The lowest BCUT2D eigenvalue weighted by molar-refractivity contribution is 0.185. The molecule has 0 amide bonds. The number of hydrogen-bond donors (Lipinski definition) is 1. The van der Waals surface area contributed by atoms with Gasteiger partial charge in [0.1, 0.15) is 0 Å². The molecule has 0 aliphatic carbocycles. The summed E-state index contributed by atoms with van der Waals surface area (Å²) in [5.41, 5.74) is 3.87. The highest BCUT2D eigenvalue weighted by Crippen LogP contribution is 2.23. The minimum Gasteiger partial charge on any atom is -0.380 e. The number of ether oxygens (including phenoxy) is 1. The predicted molar refractivity (Wildman–Crippen MR) is 86.6 cm³/mol. The second kappa shape index (κ2) is 6.74. The Bertz CT molecular complexity index is 570. The van der Waals surface area contributed by atoms with Gasteiger partial charge in [-0.05, 0) is 23.3 Å². The number of methoxy groups -OCH3 is 1. The molecular formula is C18H22N2O. The Labute approximate surface area is 126 Å². The van der Waals surface area contributed by atoms with Crippen LogP contribution in [0.2, 0.25) is 0 Å². The topological polar surface area (TPSA) is 24.5 Å². The summed E-state index contributed by atoms with van der Waals surface area (Å²) in [6.07, 6.45) is 0. The fraction of sp³-hybridized carbons (Fsp3) is 0.333. The van der Waals surface area contributed by atoms with Crippen LogP contribution in [0.1, 0.15) is 17.2 Å². The molecule has 0 bridgehead atoms. The van der Waals surface area contributed by atoms with E-state index in [1.807, 2.05) is 0 Å². The highest BCUT2D eigenvalue weighted by Gasteiger charge is 2.20. The summed E-state index contributed by atoms with van der Waals surface area (Å²) in [5, 5.41) is 3.61. The van der Waals surface area contributed by atoms with Crippen molar-refractivity contribution < 1.29 is 4.74 Å². The van der Waals surface area contributed by atoms with Crippen LogP contribution in [0.25, 0.3) is 0 Å². The lowest BCUT2D eigenvalue weighted by Crippen LogP contribution is -2.45. The van der Waals surface area contributed by atoms with E-state index in [0.29, 0.717) is 12.6 Å². The Morgan fingerprint density at radius 2 is 2.00 bits per heavy atom. The molecular weight excluding hydrogens is 260 g/mol. The van der Waals surface area contributed by atoms with Crippen molar-refractivity contribution in [3.63, 3.8) is 0 Å². The zero-order valence-corrected chi connectivity index (χ0v) is 12.5. The van der Waals surface area contributed by atoms with Gasteiger partial charge < -0.3 is 15.0 Å². The molecule has 21 heavy (non-hydrogen) atoms. The molecule has 2 aromatic rings. The van der Waals surface area contributed by atoms with Crippen LogP contribution in [0.4, 0.5) is 5.69 Å². The van der Waals surface area contributed by atoms with Gasteiger partial charge in [0.05, 0.1) is 6.61 Å². The summed E-state index contributed by atoms with van der Waals surface area (Å²) in [6, 6.07) is 19.7. The first-order chi connectivity index (χ1) is 10.4. The average Bonchev–Trinajstić information content (AvgIpc) is 2.56. The standard InChI is InChI=1S/C18H22N2O/c1-21-14-15-6-5-9-17(12-15)20-11-10-19-18(13-20)16-7-3-2-4-8-16/h2-9,12,18-19H,10-11,13-14H2,1H3. The second-order valence-electron chi connectivity index (χ2n) is 5.47. The van der Waals surface area contributed by atoms with Crippen LogP contribution >= 0.6 is 0 Å². The molecule has 110 valence electrons. The Hall–Kier alpha value is -1.84. The minimum atomic E-state index is 0.394. The van der Waals surface area contributed by atoms with E-state index >= 15 is 0 Å². The van der Waals surface area contributed by atoms with Crippen LogP contribution in [-0.4, -0.2) is 26.7 Å². The minimum absolute atomic E-state index is 0.394. The normalized spacial score (nSPS) is 18.7. The number of rotatable bonds is 4. The fourth-order valence-corrected chi connectivity index (χ4v) is 2.90. The molecule has 1 unspecified atom stereocenters. The molecule has 0 aromatic heterocycles. The van der Waals surface area contributed by atoms with Crippen molar-refractivity contribution in [2.45, 2.75) is 12.6 Å². The number of benzene rings is 2. The van der Waals surface area contributed by atoms with Crippen LogP contribution in [0, 0.1) is 0 Å². The molecule has 1 fully saturated rings. The van der Waals surface area contributed by atoms with Crippen molar-refractivity contribution in [2.75, 3.05) is 31.6 Å². The zero-order chi connectivity index (χ0) is 14.5. The maximum atomic E-state index is 5.23. The molecule has 1 heterocycles. The van der Waals surface area contributed by atoms with Gasteiger partial charge in [-0.1, -0.05) is 42.5 Å². The molecule has 1 saturated heterocycles. The van der Waals surface area contributed by atoms with Crippen LogP contribution in [-0.2, 0) is 11.3 Å². The van der Waals surface area contributed by atoms with Crippen molar-refractivity contribution >= 4 is 5.69 Å². The summed E-state index contributed by atoms with van der Waals surface area (Å²) in [4.78, 5) is 2.45. The Balaban J connectivity index is 1.75. The number of nitrogens with one attached hydrogen (secondary N) is 1. The van der Waals surface area contributed by atoms with E-state index in [4.69, 9.17) is 4.74 Å². The van der Waals surface area contributed by atoms with Gasteiger partial charge in [0.15, 0.2) is 0 Å². The van der Waals surface area contributed by atoms with Gasteiger partial charge in [-0.3, -0.25) is 0 Å². The fourth-order valence-electron chi connectivity index (χ4n) is 2.90. The predicted octanol–water partition coefficient (Wildman–Crippen LogP) is 2.98. The molecule has 2 aromatic carbocycles. The van der Waals surface area contributed by atoms with Gasteiger partial charge in [0.25, 0.3) is 0 Å². The third-order valence-corrected chi connectivity index (χ3v) is 3.96. The summed E-state index contributed by atoms with van der Waals surface area (Å²) >= 11 is 0. The Morgan fingerprint density at radius 3 is 2.81 bits per heavy atom. The molecule has 1 aliphatic rings. The van der Waals surface area contributed by atoms with Crippen LogP contribution < -0.4 is 10.2 Å². The molecule has 3 rings (SSSR count). The van der Waals surface area contributed by atoms with Gasteiger partial charge in [0, 0.05) is 38.5 Å². The molecule has 1 atom stereocenters. The third kappa shape index (κ3) is 3.43. The number of piperazine rings is 1. The first kappa shape index (κ1) is 14.1. The monoisotopic (exact) mass is 282 g/mol. The van der Waals surface area contributed by atoms with E-state index < -0.39 is 0 Å². The molecule has 1 N–H and O–H groups in total. The Morgan fingerprint density at radius 1 is 1.14 bits per heavy atom. The largest absolute Gasteiger partial charge is 0.380 e. The number of anilines is 1. The van der Waals surface area contributed by atoms with Gasteiger partial charge in [0.2, 0.25) is 0 Å². The maximum Gasteiger partial charge on any atom is 0.0713 e. The molecule has 0 saturated carbocycles. The van der Waals surface area contributed by atoms with E-state index in [0.717, 1.165) is 19.6 Å². The molecule has 1 aliphatic heterocycles. The SMILES string of the molecule is COCc1cccc(N2CCNC(c3ccccc3)C2)c1. The summed E-state index contributed by atoms with van der Waals surface area (Å²) < 4.78 is 5.23. The van der Waals surface area contributed by atoms with E-state index in [-0.39, 0.29) is 0 Å². The van der Waals surface area contributed by atoms with E-state index in [2.05, 4.69) is 64.8 Å². The first-order valence-corrected chi connectivity index (χ1v) is 7.48. The molecule has 0 radical (unpaired) electrons. The van der Waals surface area contributed by atoms with Gasteiger partial charge in [-0.2, -0.15) is 0 Å². The Kier molecular flexibility index (Phi) is 4.53. The highest BCUT2D eigenvalue weighted by atomic mass is 16.5. The van der Waals surface area contributed by atoms with Crippen LogP contribution in [0.15, 0.2) is 54.6 Å². The molecule has 3 heteroatoms. The zero-order valence-electron chi connectivity index (χ0n) is 12.5. The number of hydrogen-bond acceptors (Lipinski definition) is 3. The van der Waals surface area contributed by atoms with Crippen LogP contribution in [0.3, 0.4) is 0 Å². The molecule has 3 nitrogen and oxygen atoms in total. The van der Waals surface area contributed by atoms with Gasteiger partial charge in [-0.15, -0.1) is 0 Å². The van der Waals surface area contributed by atoms with Crippen molar-refractivity contribution in [1.82, 2.24) is 5.32 Å². The van der Waals surface area contributed by atoms with Crippen molar-refractivity contribution in [1.29, 1.82) is 0 Å². The van der Waals surface area contributed by atoms with Gasteiger partial charge in [-0.25, -0.2) is 0 Å². The lowest BCUT2D eigenvalue weighted by Gasteiger charge is -2.35. The number of nitrogens with zero attached hydrogens (tertiary/aromatic N) is 1. The van der Waals surface area contributed by atoms with Crippen molar-refractivity contribution in [2.24, 2.45) is 0 Å². The van der Waals surface area contributed by atoms with E-state index in [1.165, 1.54) is 16.8 Å². The van der Waals surface area contributed by atoms with Crippen molar-refractivity contribution in [3.8, 4) is 0 Å². The summed E-state index contributed by atoms with van der Waals surface area (Å²) in [5.74, 6) is 0. The first-order valence-electron chi connectivity index (χ1n) is 7.48. The van der Waals surface area contributed by atoms with E-state index in [9.17, 15) is 0 Å². The van der Waals surface area contributed by atoms with Gasteiger partial charge >= 0.3 is 0 Å². The third-order valence-electron chi connectivity index (χ3n) is 3.96. The summed E-state index contributed by atoms with van der Waals surface area (Å²) in [6.45, 7) is 3.72. The summed E-state index contributed by atoms with van der Waals surface area (Å²) in [7, 11) is 1.74.